The summed E-state index contributed by atoms with van der Waals surface area (Å²) in [6.45, 7) is 3.50. The Morgan fingerprint density at radius 3 is 2.67 bits per heavy atom. The standard InChI is InChI=1S/C20H24ClN3O3/c1-13-8-6-7-11-16(13)22-17(25)12-27-20(26)18-14(2)23-24(19(18)21)15-9-4-3-5-10-15/h3-5,9-10,13,16H,6-8,11-12H2,1-2H3,(H,22,25)/t13-,16+/m0/s1. The van der Waals surface area contributed by atoms with Gasteiger partial charge in [0.25, 0.3) is 5.91 Å². The maximum atomic E-state index is 12.5. The summed E-state index contributed by atoms with van der Waals surface area (Å²) in [5.41, 5.74) is 1.38. The maximum absolute atomic E-state index is 12.5. The molecule has 1 aliphatic rings. The Kier molecular flexibility index (Phi) is 6.16. The van der Waals surface area contributed by atoms with Crippen molar-refractivity contribution in [2.75, 3.05) is 6.61 Å². The topological polar surface area (TPSA) is 73.2 Å². The van der Waals surface area contributed by atoms with E-state index in [1.807, 2.05) is 30.3 Å². The zero-order valence-electron chi connectivity index (χ0n) is 15.6. The number of aryl methyl sites for hydroxylation is 1. The summed E-state index contributed by atoms with van der Waals surface area (Å²) in [5, 5.41) is 7.45. The number of hydrogen-bond acceptors (Lipinski definition) is 4. The van der Waals surface area contributed by atoms with Crippen LogP contribution in [0.4, 0.5) is 0 Å². The van der Waals surface area contributed by atoms with Gasteiger partial charge in [-0.25, -0.2) is 9.48 Å². The van der Waals surface area contributed by atoms with Crippen LogP contribution in [0.25, 0.3) is 5.69 Å². The van der Waals surface area contributed by atoms with Gasteiger partial charge in [-0.1, -0.05) is 49.6 Å². The van der Waals surface area contributed by atoms with Gasteiger partial charge in [0.1, 0.15) is 10.7 Å². The highest BCUT2D eigenvalue weighted by atomic mass is 35.5. The van der Waals surface area contributed by atoms with Crippen molar-refractivity contribution in [3.63, 3.8) is 0 Å². The minimum atomic E-state index is -0.647. The molecule has 27 heavy (non-hydrogen) atoms. The molecule has 144 valence electrons. The smallest absolute Gasteiger partial charge is 0.343 e. The molecule has 7 heteroatoms. The predicted molar refractivity (Wildman–Crippen MR) is 103 cm³/mol. The summed E-state index contributed by atoms with van der Waals surface area (Å²) in [4.78, 5) is 24.6. The molecule has 1 amide bonds. The summed E-state index contributed by atoms with van der Waals surface area (Å²) in [6.07, 6.45) is 4.39. The van der Waals surface area contributed by atoms with Gasteiger partial charge in [0.15, 0.2) is 6.61 Å². The number of hydrogen-bond donors (Lipinski definition) is 1. The Morgan fingerprint density at radius 2 is 1.96 bits per heavy atom. The predicted octanol–water partition coefficient (Wildman–Crippen LogP) is 3.69. The number of amides is 1. The molecular weight excluding hydrogens is 366 g/mol. The highest BCUT2D eigenvalue weighted by molar-refractivity contribution is 6.33. The van der Waals surface area contributed by atoms with E-state index in [0.717, 1.165) is 24.9 Å². The summed E-state index contributed by atoms with van der Waals surface area (Å²) in [5.74, 6) is -0.489. The van der Waals surface area contributed by atoms with Gasteiger partial charge in [-0.05, 0) is 37.8 Å². The van der Waals surface area contributed by atoms with Gasteiger partial charge >= 0.3 is 5.97 Å². The van der Waals surface area contributed by atoms with Crippen molar-refractivity contribution >= 4 is 23.5 Å². The fourth-order valence-corrected chi connectivity index (χ4v) is 3.80. The van der Waals surface area contributed by atoms with Crippen LogP contribution < -0.4 is 5.32 Å². The molecule has 2 aromatic rings. The number of halogens is 1. The molecule has 0 unspecified atom stereocenters. The molecular formula is C20H24ClN3O3. The Morgan fingerprint density at radius 1 is 1.26 bits per heavy atom. The summed E-state index contributed by atoms with van der Waals surface area (Å²) in [7, 11) is 0. The first kappa shape index (κ1) is 19.4. The number of benzene rings is 1. The summed E-state index contributed by atoms with van der Waals surface area (Å²) >= 11 is 6.35. The minimum absolute atomic E-state index is 0.149. The molecule has 1 N–H and O–H groups in total. The average Bonchev–Trinajstić information content (AvgIpc) is 2.97. The second-order valence-corrected chi connectivity index (χ2v) is 7.37. The van der Waals surface area contributed by atoms with Gasteiger partial charge in [-0.15, -0.1) is 0 Å². The lowest BCUT2D eigenvalue weighted by Gasteiger charge is -2.29. The van der Waals surface area contributed by atoms with Gasteiger partial charge in [0.2, 0.25) is 0 Å². The van der Waals surface area contributed by atoms with Gasteiger partial charge in [0, 0.05) is 6.04 Å². The molecule has 1 aromatic heterocycles. The van der Waals surface area contributed by atoms with E-state index in [9.17, 15) is 9.59 Å². The largest absolute Gasteiger partial charge is 0.452 e. The van der Waals surface area contributed by atoms with Crippen molar-refractivity contribution in [1.29, 1.82) is 0 Å². The minimum Gasteiger partial charge on any atom is -0.452 e. The Bertz CT molecular complexity index is 819. The molecule has 1 fully saturated rings. The second-order valence-electron chi connectivity index (χ2n) is 7.01. The van der Waals surface area contributed by atoms with Crippen LogP contribution in [0.3, 0.4) is 0 Å². The van der Waals surface area contributed by atoms with Crippen LogP contribution in [-0.2, 0) is 9.53 Å². The Hall–Kier alpha value is -2.34. The van der Waals surface area contributed by atoms with Crippen molar-refractivity contribution < 1.29 is 14.3 Å². The first-order chi connectivity index (χ1) is 13.0. The van der Waals surface area contributed by atoms with E-state index in [0.29, 0.717) is 11.6 Å². The highest BCUT2D eigenvalue weighted by Gasteiger charge is 2.25. The van der Waals surface area contributed by atoms with E-state index in [2.05, 4.69) is 17.3 Å². The number of rotatable bonds is 5. The lowest BCUT2D eigenvalue weighted by Crippen LogP contribution is -2.42. The molecule has 0 bridgehead atoms. The third-order valence-electron chi connectivity index (χ3n) is 5.00. The average molecular weight is 390 g/mol. The first-order valence-corrected chi connectivity index (χ1v) is 9.62. The van der Waals surface area contributed by atoms with E-state index in [4.69, 9.17) is 16.3 Å². The van der Waals surface area contributed by atoms with Crippen molar-refractivity contribution in [1.82, 2.24) is 15.1 Å². The molecule has 0 aliphatic heterocycles. The van der Waals surface area contributed by atoms with Crippen molar-refractivity contribution in [2.45, 2.75) is 45.6 Å². The number of nitrogens with zero attached hydrogens (tertiary/aromatic N) is 2. The quantitative estimate of drug-likeness (QED) is 0.791. The molecule has 0 spiro atoms. The lowest BCUT2D eigenvalue weighted by atomic mass is 9.86. The number of aromatic nitrogens is 2. The van der Waals surface area contributed by atoms with Crippen LogP contribution >= 0.6 is 11.6 Å². The fourth-order valence-electron chi connectivity index (χ4n) is 3.45. The van der Waals surface area contributed by atoms with Crippen LogP contribution in [-0.4, -0.2) is 34.3 Å². The monoisotopic (exact) mass is 389 g/mol. The van der Waals surface area contributed by atoms with E-state index < -0.39 is 5.97 Å². The molecule has 1 saturated carbocycles. The maximum Gasteiger partial charge on any atom is 0.343 e. The van der Waals surface area contributed by atoms with Crippen LogP contribution in [0, 0.1) is 12.8 Å². The van der Waals surface area contributed by atoms with Crippen LogP contribution in [0.1, 0.15) is 48.7 Å². The molecule has 1 heterocycles. The first-order valence-electron chi connectivity index (χ1n) is 9.24. The van der Waals surface area contributed by atoms with Crippen molar-refractivity contribution in [3.05, 3.63) is 46.7 Å². The molecule has 1 aliphatic carbocycles. The van der Waals surface area contributed by atoms with E-state index >= 15 is 0 Å². The van der Waals surface area contributed by atoms with Crippen LogP contribution in [0.15, 0.2) is 30.3 Å². The number of nitrogens with one attached hydrogen (secondary N) is 1. The Labute approximate surface area is 163 Å². The van der Waals surface area contributed by atoms with Crippen molar-refractivity contribution in [3.8, 4) is 5.69 Å². The van der Waals surface area contributed by atoms with Gasteiger partial charge in [-0.3, -0.25) is 4.79 Å². The fraction of sp³-hybridized carbons (Fsp3) is 0.450. The van der Waals surface area contributed by atoms with Gasteiger partial charge in [0.05, 0.1) is 11.4 Å². The van der Waals surface area contributed by atoms with Crippen LogP contribution in [0.5, 0.6) is 0 Å². The molecule has 2 atom stereocenters. The number of esters is 1. The van der Waals surface area contributed by atoms with Gasteiger partial charge in [-0.2, -0.15) is 5.10 Å². The molecule has 0 radical (unpaired) electrons. The summed E-state index contributed by atoms with van der Waals surface area (Å²) < 4.78 is 6.67. The SMILES string of the molecule is Cc1nn(-c2ccccc2)c(Cl)c1C(=O)OCC(=O)N[C@@H]1CCCC[C@@H]1C. The van der Waals surface area contributed by atoms with Gasteiger partial charge < -0.3 is 10.1 Å². The van der Waals surface area contributed by atoms with E-state index in [1.54, 1.807) is 6.92 Å². The van der Waals surface area contributed by atoms with Crippen molar-refractivity contribution in [2.24, 2.45) is 5.92 Å². The molecule has 3 rings (SSSR count). The van der Waals surface area contributed by atoms with E-state index in [-0.39, 0.29) is 29.3 Å². The molecule has 1 aromatic carbocycles. The number of carbonyl (C=O) groups is 2. The second kappa shape index (κ2) is 8.57. The molecule has 0 saturated heterocycles. The van der Waals surface area contributed by atoms with Crippen LogP contribution in [0.2, 0.25) is 5.15 Å². The van der Waals surface area contributed by atoms with E-state index in [1.165, 1.54) is 11.1 Å². The normalized spacial score (nSPS) is 19.5. The number of para-hydroxylation sites is 1. The zero-order valence-corrected chi connectivity index (χ0v) is 16.3. The number of ether oxygens (including phenoxy) is 1. The third kappa shape index (κ3) is 4.50. The Balaban J connectivity index is 1.63. The molecule has 6 nitrogen and oxygen atoms in total. The zero-order chi connectivity index (χ0) is 19.4. The highest BCUT2D eigenvalue weighted by Crippen LogP contribution is 2.25. The summed E-state index contributed by atoms with van der Waals surface area (Å²) in [6, 6.07) is 9.43. The number of carbonyl (C=O) groups excluding carboxylic acids is 2. The third-order valence-corrected chi connectivity index (χ3v) is 5.35. The lowest BCUT2D eigenvalue weighted by molar-refractivity contribution is -0.125.